The van der Waals surface area contributed by atoms with Gasteiger partial charge in [0.05, 0.1) is 0 Å². The van der Waals surface area contributed by atoms with Gasteiger partial charge in [0, 0.05) is 0 Å². The van der Waals surface area contributed by atoms with Gasteiger partial charge in [-0.25, -0.2) is 0 Å². The Hall–Kier alpha value is -1.14. The van der Waals surface area contributed by atoms with Gasteiger partial charge in [-0.15, -0.1) is 0 Å². The summed E-state index contributed by atoms with van der Waals surface area (Å²) in [5.41, 5.74) is 10.6. The first-order valence-electron chi connectivity index (χ1n) is 10.9. The van der Waals surface area contributed by atoms with Crippen LogP contribution in [0.1, 0.15) is 72.0 Å². The third-order valence-electron chi connectivity index (χ3n) is 6.19. The van der Waals surface area contributed by atoms with Crippen molar-refractivity contribution in [1.82, 2.24) is 0 Å². The SMILES string of the molecule is CC(C)c1ccccc1-c1c(C(C)(C)C)ccc2c1C=C(c1ccccc1)[CH]2[Zr]([Cl])[Cl]. The zero-order valence-electron chi connectivity index (χ0n) is 18.8. The number of hydrogen-bond donors (Lipinski definition) is 0. The first kappa shape index (κ1) is 23.0. The molecule has 0 heterocycles. The van der Waals surface area contributed by atoms with Crippen molar-refractivity contribution in [2.45, 2.75) is 49.6 Å². The van der Waals surface area contributed by atoms with Gasteiger partial charge in [-0.05, 0) is 0 Å². The quantitative estimate of drug-likeness (QED) is 0.317. The number of rotatable bonds is 4. The molecule has 1 aliphatic rings. The van der Waals surface area contributed by atoms with E-state index in [2.05, 4.69) is 107 Å². The number of benzene rings is 3. The molecule has 4 rings (SSSR count). The van der Waals surface area contributed by atoms with Crippen LogP contribution in [0, 0.1) is 0 Å². The zero-order chi connectivity index (χ0) is 22.3. The molecular weight excluding hydrogens is 498 g/mol. The Bertz CT molecular complexity index is 1120. The summed E-state index contributed by atoms with van der Waals surface area (Å²) in [5, 5.41) is 0. The molecule has 3 aromatic carbocycles. The van der Waals surface area contributed by atoms with Crippen LogP contribution < -0.4 is 0 Å². The molecule has 0 nitrogen and oxygen atoms in total. The first-order valence-corrected chi connectivity index (χ1v) is 18.7. The van der Waals surface area contributed by atoms with Gasteiger partial charge in [-0.1, -0.05) is 0 Å². The number of allylic oxidation sites excluding steroid dienone is 1. The summed E-state index contributed by atoms with van der Waals surface area (Å²) in [6, 6.07) is 24.1. The van der Waals surface area contributed by atoms with Crippen molar-refractivity contribution >= 4 is 28.7 Å². The van der Waals surface area contributed by atoms with Crippen LogP contribution in [0.15, 0.2) is 66.7 Å². The van der Waals surface area contributed by atoms with E-state index in [-0.39, 0.29) is 9.04 Å². The Balaban J connectivity index is 2.07. The van der Waals surface area contributed by atoms with Crippen molar-refractivity contribution in [3.8, 4) is 11.1 Å². The van der Waals surface area contributed by atoms with Crippen molar-refractivity contribution in [2.75, 3.05) is 0 Å². The summed E-state index contributed by atoms with van der Waals surface area (Å²) >= 11 is -2.64. The second-order valence-corrected chi connectivity index (χ2v) is 18.5. The van der Waals surface area contributed by atoms with Gasteiger partial charge in [0.25, 0.3) is 0 Å². The molecule has 159 valence electrons. The van der Waals surface area contributed by atoms with Crippen molar-refractivity contribution in [2.24, 2.45) is 0 Å². The van der Waals surface area contributed by atoms with Crippen LogP contribution in [-0.2, 0) is 24.8 Å². The number of fused-ring (bicyclic) bond motifs is 1. The van der Waals surface area contributed by atoms with Gasteiger partial charge < -0.3 is 0 Å². The Morgan fingerprint density at radius 1 is 0.839 bits per heavy atom. The molecule has 0 bridgehead atoms. The topological polar surface area (TPSA) is 0 Å². The molecule has 0 saturated carbocycles. The van der Waals surface area contributed by atoms with E-state index in [9.17, 15) is 0 Å². The third kappa shape index (κ3) is 4.39. The van der Waals surface area contributed by atoms with Crippen LogP contribution in [0.25, 0.3) is 22.8 Å². The van der Waals surface area contributed by atoms with Gasteiger partial charge in [0.2, 0.25) is 0 Å². The molecule has 0 N–H and O–H groups in total. The molecule has 0 saturated heterocycles. The van der Waals surface area contributed by atoms with Crippen molar-refractivity contribution in [3.05, 3.63) is 94.5 Å². The minimum atomic E-state index is -2.64. The molecule has 31 heavy (non-hydrogen) atoms. The Morgan fingerprint density at radius 2 is 1.48 bits per heavy atom. The fourth-order valence-electron chi connectivity index (χ4n) is 4.71. The van der Waals surface area contributed by atoms with E-state index < -0.39 is 19.4 Å². The van der Waals surface area contributed by atoms with Gasteiger partial charge >= 0.3 is 203 Å². The normalized spacial score (nSPS) is 15.7. The van der Waals surface area contributed by atoms with Gasteiger partial charge in [0.1, 0.15) is 0 Å². The van der Waals surface area contributed by atoms with Crippen molar-refractivity contribution in [3.63, 3.8) is 0 Å². The van der Waals surface area contributed by atoms with Gasteiger partial charge in [-0.2, -0.15) is 0 Å². The maximum atomic E-state index is 6.79. The van der Waals surface area contributed by atoms with E-state index >= 15 is 0 Å². The van der Waals surface area contributed by atoms with Crippen LogP contribution >= 0.6 is 17.0 Å². The molecule has 0 spiro atoms. The molecular formula is C28H29Cl2Zr. The number of hydrogen-bond acceptors (Lipinski definition) is 0. The fourth-order valence-corrected chi connectivity index (χ4v) is 9.88. The zero-order valence-corrected chi connectivity index (χ0v) is 22.8. The Morgan fingerprint density at radius 3 is 2.10 bits per heavy atom. The molecule has 3 heteroatoms. The van der Waals surface area contributed by atoms with E-state index in [4.69, 9.17) is 17.0 Å². The van der Waals surface area contributed by atoms with Crippen molar-refractivity contribution < 1.29 is 19.4 Å². The summed E-state index contributed by atoms with van der Waals surface area (Å²) in [6.07, 6.45) is 2.38. The molecule has 3 aromatic rings. The van der Waals surface area contributed by atoms with Gasteiger partial charge in [0.15, 0.2) is 0 Å². The second-order valence-electron chi connectivity index (χ2n) is 9.67. The molecule has 0 aromatic heterocycles. The number of halogens is 2. The molecule has 0 radical (unpaired) electrons. The first-order chi connectivity index (χ1) is 14.7. The summed E-state index contributed by atoms with van der Waals surface area (Å²) in [6.45, 7) is 11.4. The second kappa shape index (κ2) is 9.01. The predicted octanol–water partition coefficient (Wildman–Crippen LogP) is 9.30. The van der Waals surface area contributed by atoms with Crippen LogP contribution in [0.5, 0.6) is 0 Å². The van der Waals surface area contributed by atoms with Crippen LogP contribution in [0.3, 0.4) is 0 Å². The average molecular weight is 528 g/mol. The molecule has 1 unspecified atom stereocenters. The molecule has 0 fully saturated rings. The Kier molecular flexibility index (Phi) is 6.70. The summed E-state index contributed by atoms with van der Waals surface area (Å²) < 4.78 is 0.155. The monoisotopic (exact) mass is 525 g/mol. The van der Waals surface area contributed by atoms with E-state index in [1.54, 1.807) is 0 Å². The predicted molar refractivity (Wildman–Crippen MR) is 133 cm³/mol. The van der Waals surface area contributed by atoms with E-state index in [1.165, 1.54) is 44.5 Å². The maximum absolute atomic E-state index is 6.79. The molecule has 1 atom stereocenters. The molecule has 0 aliphatic heterocycles. The average Bonchev–Trinajstić information content (AvgIpc) is 3.13. The third-order valence-corrected chi connectivity index (χ3v) is 11.4. The summed E-state index contributed by atoms with van der Waals surface area (Å²) in [5.74, 6) is 0.446. The minimum absolute atomic E-state index is 0.0246. The molecule has 0 amide bonds. The standard InChI is InChI=1S/C28H29.2ClH.Zr/c1-19(2)23-13-9-10-14-24(23)27-25-18-22(20-11-7-6-8-12-20)17-21(25)15-16-26(27)28(3,4)5;;;/h6-19H,1-5H3;2*1H;/q;;;+2/p-2. The summed E-state index contributed by atoms with van der Waals surface area (Å²) in [4.78, 5) is 0. The van der Waals surface area contributed by atoms with Crippen LogP contribution in [0.4, 0.5) is 0 Å². The van der Waals surface area contributed by atoms with E-state index in [1.807, 2.05) is 0 Å². The Labute approximate surface area is 202 Å². The van der Waals surface area contributed by atoms with Crippen LogP contribution in [0.2, 0.25) is 0 Å². The van der Waals surface area contributed by atoms with E-state index in [0.717, 1.165) is 0 Å². The molecule has 1 aliphatic carbocycles. The van der Waals surface area contributed by atoms with Crippen LogP contribution in [-0.4, -0.2) is 0 Å². The van der Waals surface area contributed by atoms with E-state index in [0.29, 0.717) is 5.92 Å². The van der Waals surface area contributed by atoms with Crippen molar-refractivity contribution in [1.29, 1.82) is 0 Å². The fraction of sp³-hybridized carbons (Fsp3) is 0.286. The summed E-state index contributed by atoms with van der Waals surface area (Å²) in [7, 11) is 13.6. The van der Waals surface area contributed by atoms with Gasteiger partial charge in [-0.3, -0.25) is 0 Å².